The average Bonchev–Trinajstić information content (AvgIpc) is 3.25. The number of nitrogens with one attached hydrogen (secondary N) is 2. The van der Waals surface area contributed by atoms with Gasteiger partial charge in [-0.05, 0) is 37.1 Å². The van der Waals surface area contributed by atoms with Crippen molar-refractivity contribution in [2.24, 2.45) is 0 Å². The van der Waals surface area contributed by atoms with Crippen molar-refractivity contribution in [3.05, 3.63) is 65.7 Å². The fourth-order valence-corrected chi connectivity index (χ4v) is 3.20. The van der Waals surface area contributed by atoms with Crippen molar-refractivity contribution in [2.75, 3.05) is 0 Å². The number of carbonyl (C=O) groups excluding carboxylic acids is 1. The number of furan rings is 1. The van der Waals surface area contributed by atoms with E-state index < -0.39 is 0 Å². The van der Waals surface area contributed by atoms with Crippen LogP contribution in [-0.2, 0) is 17.6 Å². The molecule has 2 N–H and O–H groups in total. The lowest BCUT2D eigenvalue weighted by atomic mass is 10.1. The zero-order valence-electron chi connectivity index (χ0n) is 14.9. The maximum atomic E-state index is 12.5. The lowest BCUT2D eigenvalue weighted by Crippen LogP contribution is -2.28. The molecule has 1 atom stereocenters. The molecule has 0 bridgehead atoms. The molecule has 2 aromatic heterocycles. The molecule has 1 amide bonds. The molecular weight excluding hydrogens is 326 g/mol. The maximum Gasteiger partial charge on any atom is 0.225 e. The highest BCUT2D eigenvalue weighted by atomic mass is 16.3. The third kappa shape index (κ3) is 3.08. The van der Waals surface area contributed by atoms with Gasteiger partial charge in [-0.15, -0.1) is 0 Å². The molecule has 0 spiro atoms. The van der Waals surface area contributed by atoms with Crippen molar-refractivity contribution >= 4 is 27.9 Å². The van der Waals surface area contributed by atoms with Crippen molar-refractivity contribution in [3.8, 4) is 0 Å². The van der Waals surface area contributed by atoms with Crippen LogP contribution in [-0.4, -0.2) is 15.9 Å². The molecule has 2 heterocycles. The summed E-state index contributed by atoms with van der Waals surface area (Å²) < 4.78 is 5.62. The standard InChI is InChI=1S/C21H21N3O2/c1-3-14-8-9-16-15(12-26-19(16)10-14)11-20(25)22-13(2)21-23-17-6-4-5-7-18(17)24-21/h4-10,12-13H,3,11H2,1-2H3,(H,22,25)(H,23,24)/t13-/m0/s1. The number of para-hydroxylation sites is 2. The Kier molecular flexibility index (Phi) is 4.21. The van der Waals surface area contributed by atoms with Gasteiger partial charge in [0.2, 0.25) is 5.91 Å². The summed E-state index contributed by atoms with van der Waals surface area (Å²) in [5.41, 5.74) is 4.82. The summed E-state index contributed by atoms with van der Waals surface area (Å²) in [5, 5.41) is 4.00. The third-order valence-electron chi connectivity index (χ3n) is 4.67. The molecule has 0 unspecified atom stereocenters. The number of H-pyrrole nitrogens is 1. The first kappa shape index (κ1) is 16.4. The molecule has 0 aliphatic carbocycles. The Bertz CT molecular complexity index is 1040. The van der Waals surface area contributed by atoms with E-state index >= 15 is 0 Å². The van der Waals surface area contributed by atoms with Gasteiger partial charge in [-0.1, -0.05) is 31.2 Å². The highest BCUT2D eigenvalue weighted by Gasteiger charge is 2.16. The second-order valence-electron chi connectivity index (χ2n) is 6.55. The molecule has 132 valence electrons. The van der Waals surface area contributed by atoms with Gasteiger partial charge < -0.3 is 14.7 Å². The molecule has 4 rings (SSSR count). The number of aromatic nitrogens is 2. The molecule has 2 aromatic carbocycles. The molecule has 0 aliphatic rings. The minimum atomic E-state index is -0.195. The van der Waals surface area contributed by atoms with E-state index in [1.54, 1.807) is 6.26 Å². The Hall–Kier alpha value is -3.08. The summed E-state index contributed by atoms with van der Waals surface area (Å²) in [4.78, 5) is 20.3. The van der Waals surface area contributed by atoms with E-state index in [0.29, 0.717) is 0 Å². The van der Waals surface area contributed by atoms with E-state index in [1.165, 1.54) is 5.56 Å². The third-order valence-corrected chi connectivity index (χ3v) is 4.67. The summed E-state index contributed by atoms with van der Waals surface area (Å²) in [7, 11) is 0. The minimum Gasteiger partial charge on any atom is -0.464 e. The van der Waals surface area contributed by atoms with E-state index in [9.17, 15) is 4.79 Å². The van der Waals surface area contributed by atoms with Crippen molar-refractivity contribution in [1.29, 1.82) is 0 Å². The van der Waals surface area contributed by atoms with Gasteiger partial charge in [-0.3, -0.25) is 4.79 Å². The number of rotatable bonds is 5. The second-order valence-corrected chi connectivity index (χ2v) is 6.55. The van der Waals surface area contributed by atoms with E-state index in [2.05, 4.69) is 28.3 Å². The van der Waals surface area contributed by atoms with Gasteiger partial charge in [0.25, 0.3) is 0 Å². The lowest BCUT2D eigenvalue weighted by Gasteiger charge is -2.11. The summed E-state index contributed by atoms with van der Waals surface area (Å²) >= 11 is 0. The Morgan fingerprint density at radius 2 is 2.12 bits per heavy atom. The quantitative estimate of drug-likeness (QED) is 0.566. The van der Waals surface area contributed by atoms with E-state index in [-0.39, 0.29) is 18.4 Å². The lowest BCUT2D eigenvalue weighted by molar-refractivity contribution is -0.121. The molecule has 0 saturated heterocycles. The summed E-state index contributed by atoms with van der Waals surface area (Å²) in [6, 6.07) is 13.8. The van der Waals surface area contributed by atoms with Crippen LogP contribution in [0.5, 0.6) is 0 Å². The van der Waals surface area contributed by atoms with E-state index in [0.717, 1.165) is 39.8 Å². The van der Waals surface area contributed by atoms with Crippen LogP contribution in [0.15, 0.2) is 53.1 Å². The van der Waals surface area contributed by atoms with Gasteiger partial charge >= 0.3 is 0 Å². The SMILES string of the molecule is CCc1ccc2c(CC(=O)N[C@@H](C)c3nc4ccccc4[nH]3)coc2c1. The van der Waals surface area contributed by atoms with Gasteiger partial charge in [0.1, 0.15) is 11.4 Å². The number of hydrogen-bond donors (Lipinski definition) is 2. The monoisotopic (exact) mass is 347 g/mol. The predicted molar refractivity (Wildman–Crippen MR) is 102 cm³/mol. The van der Waals surface area contributed by atoms with Crippen molar-refractivity contribution in [3.63, 3.8) is 0 Å². The van der Waals surface area contributed by atoms with Crippen molar-refractivity contribution in [2.45, 2.75) is 32.7 Å². The Balaban J connectivity index is 1.48. The Morgan fingerprint density at radius 1 is 1.27 bits per heavy atom. The first-order valence-corrected chi connectivity index (χ1v) is 8.87. The molecule has 0 fully saturated rings. The fraction of sp³-hybridized carbons (Fsp3) is 0.238. The van der Waals surface area contributed by atoms with Crippen LogP contribution in [0.4, 0.5) is 0 Å². The highest BCUT2D eigenvalue weighted by Crippen LogP contribution is 2.23. The molecule has 0 saturated carbocycles. The Labute approximate surface area is 151 Å². The number of fused-ring (bicyclic) bond motifs is 2. The largest absolute Gasteiger partial charge is 0.464 e. The number of benzene rings is 2. The summed E-state index contributed by atoms with van der Waals surface area (Å²) in [6.45, 7) is 4.04. The molecule has 0 aliphatic heterocycles. The van der Waals surface area contributed by atoms with Crippen LogP contribution >= 0.6 is 0 Å². The number of carbonyl (C=O) groups is 1. The van der Waals surface area contributed by atoms with Crippen LogP contribution in [0, 0.1) is 0 Å². The van der Waals surface area contributed by atoms with Gasteiger partial charge in [0.05, 0.1) is 29.8 Å². The molecule has 5 heteroatoms. The maximum absolute atomic E-state index is 12.5. The number of hydrogen-bond acceptors (Lipinski definition) is 3. The molecular formula is C21H21N3O2. The Morgan fingerprint density at radius 3 is 2.92 bits per heavy atom. The van der Waals surface area contributed by atoms with Crippen molar-refractivity contribution < 1.29 is 9.21 Å². The zero-order valence-corrected chi connectivity index (χ0v) is 14.9. The topological polar surface area (TPSA) is 70.9 Å². The first-order chi connectivity index (χ1) is 12.6. The zero-order chi connectivity index (χ0) is 18.1. The second kappa shape index (κ2) is 6.67. The molecule has 0 radical (unpaired) electrons. The molecule has 26 heavy (non-hydrogen) atoms. The van der Waals surface area contributed by atoms with Gasteiger partial charge in [-0.25, -0.2) is 4.98 Å². The number of aryl methyl sites for hydroxylation is 1. The van der Waals surface area contributed by atoms with E-state index in [4.69, 9.17) is 4.42 Å². The molecule has 5 nitrogen and oxygen atoms in total. The number of amides is 1. The minimum absolute atomic E-state index is 0.0553. The van der Waals surface area contributed by atoms with Crippen LogP contribution in [0.25, 0.3) is 22.0 Å². The molecule has 4 aromatic rings. The number of nitrogens with zero attached hydrogens (tertiary/aromatic N) is 1. The number of aromatic amines is 1. The van der Waals surface area contributed by atoms with Crippen LogP contribution in [0.1, 0.15) is 36.8 Å². The van der Waals surface area contributed by atoms with Crippen LogP contribution in [0.2, 0.25) is 0 Å². The average molecular weight is 347 g/mol. The fourth-order valence-electron chi connectivity index (χ4n) is 3.20. The predicted octanol–water partition coefficient (Wildman–Crippen LogP) is 4.29. The van der Waals surface area contributed by atoms with Crippen LogP contribution in [0.3, 0.4) is 0 Å². The van der Waals surface area contributed by atoms with Gasteiger partial charge in [-0.2, -0.15) is 0 Å². The highest BCUT2D eigenvalue weighted by molar-refractivity contribution is 5.88. The first-order valence-electron chi connectivity index (χ1n) is 8.87. The van der Waals surface area contributed by atoms with Crippen molar-refractivity contribution in [1.82, 2.24) is 15.3 Å². The number of imidazole rings is 1. The van der Waals surface area contributed by atoms with Crippen LogP contribution < -0.4 is 5.32 Å². The normalized spacial score (nSPS) is 12.5. The van der Waals surface area contributed by atoms with Gasteiger partial charge in [0, 0.05) is 10.9 Å². The van der Waals surface area contributed by atoms with Gasteiger partial charge in [0.15, 0.2) is 0 Å². The summed E-state index contributed by atoms with van der Waals surface area (Å²) in [6.07, 6.45) is 2.92. The smallest absolute Gasteiger partial charge is 0.225 e. The van der Waals surface area contributed by atoms with E-state index in [1.807, 2.05) is 43.3 Å². The summed E-state index contributed by atoms with van der Waals surface area (Å²) in [5.74, 6) is 0.699.